The normalized spacial score (nSPS) is 21.2. The molecule has 24 nitrogen and oxygen atoms in total. The van der Waals surface area contributed by atoms with Crippen LogP contribution in [0.3, 0.4) is 0 Å². The van der Waals surface area contributed by atoms with Crippen LogP contribution in [-0.2, 0) is 83.5 Å². The van der Waals surface area contributed by atoms with E-state index in [0.717, 1.165) is 75.4 Å². The topological polar surface area (TPSA) is 321 Å². The predicted molar refractivity (Wildman–Crippen MR) is 425 cm³/mol. The fraction of sp³-hybridized carbons (Fsp3) is 0.524. The van der Waals surface area contributed by atoms with Gasteiger partial charge in [-0.05, 0) is 101 Å². The number of aliphatic hydroxyl groups excluding tert-OH is 1. The lowest BCUT2D eigenvalue weighted by atomic mass is 9.56. The smallest absolute Gasteiger partial charge is 0.393 e. The average molecular weight is 1750 g/mol. The number of alkyl halides is 17. The molecule has 0 spiro atoms. The van der Waals surface area contributed by atoms with E-state index in [2.05, 4.69) is 106 Å². The molecule has 7 aromatic heterocycles. The van der Waals surface area contributed by atoms with Crippen molar-refractivity contribution in [2.45, 2.75) is 239 Å². The molecule has 8 N–H and O–H groups in total. The number of aryl methyl sites for hydroxylation is 2. The van der Waals surface area contributed by atoms with E-state index in [-0.39, 0.29) is 163 Å². The molecule has 4 aliphatic rings. The SMILES string of the molecule is C.C.COC1(C)CC(Nc2nc(NCc3cnccc3C(F)(F)F)ncc2C#N)C1(C)C.COC1(C)CC(Nc2nc(NCc3cnccc3C(F)(F)F)ncc2C(F)(F)F)C1(C)C.COC1CC(Nc2nc(CCc3cnccc3C(C)(F)F)ncc2C(F)(F)F)C1(C)C.N#Cc1cnc(NCc2ccccc2C(F)(F)F)nc1NC1CCC(O)CC1. The van der Waals surface area contributed by atoms with Gasteiger partial charge in [-0.2, -0.15) is 91.3 Å². The van der Waals surface area contributed by atoms with Crippen LogP contribution in [0.4, 0.5) is 116 Å². The van der Waals surface area contributed by atoms with Crippen molar-refractivity contribution in [3.8, 4) is 12.1 Å². The number of hydrogen-bond donors (Lipinski definition) is 8. The first-order valence-electron chi connectivity index (χ1n) is 37.9. The third-order valence-corrected chi connectivity index (χ3v) is 23.1. The van der Waals surface area contributed by atoms with Gasteiger partial charge < -0.3 is 56.5 Å². The lowest BCUT2D eigenvalue weighted by Crippen LogP contribution is -2.65. The Labute approximate surface area is 700 Å². The Hall–Kier alpha value is -10.8. The number of methoxy groups -OCH3 is 3. The molecule has 41 heteroatoms. The first kappa shape index (κ1) is 99.3. The van der Waals surface area contributed by atoms with Crippen molar-refractivity contribution < 1.29 is 94.0 Å². The van der Waals surface area contributed by atoms with Crippen molar-refractivity contribution in [2.75, 3.05) is 58.5 Å². The van der Waals surface area contributed by atoms with E-state index in [9.17, 15) is 90.3 Å². The summed E-state index contributed by atoms with van der Waals surface area (Å²) in [6.07, 6.45) is -7.55. The Bertz CT molecular complexity index is 4950. The molecule has 0 radical (unpaired) electrons. The van der Waals surface area contributed by atoms with Gasteiger partial charge in [-0.15, -0.1) is 0 Å². The van der Waals surface area contributed by atoms with E-state index in [4.69, 9.17) is 14.2 Å². The molecule has 1 aromatic carbocycles. The number of rotatable bonds is 24. The predicted octanol–water partition coefficient (Wildman–Crippen LogP) is 19.1. The van der Waals surface area contributed by atoms with Crippen LogP contribution >= 0.6 is 0 Å². The number of aliphatic hydroxyl groups is 1. The highest BCUT2D eigenvalue weighted by Crippen LogP contribution is 2.55. The van der Waals surface area contributed by atoms with Crippen LogP contribution in [0.25, 0.3) is 0 Å². The molecule has 0 bridgehead atoms. The van der Waals surface area contributed by atoms with Crippen LogP contribution in [0.1, 0.15) is 195 Å². The third kappa shape index (κ3) is 24.0. The molecular weight excluding hydrogens is 1650 g/mol. The summed E-state index contributed by atoms with van der Waals surface area (Å²) in [7, 11) is 4.78. The minimum atomic E-state index is -4.72. The largest absolute Gasteiger partial charge is 0.421 e. The highest BCUT2D eigenvalue weighted by molar-refractivity contribution is 5.57. The molecule has 4 fully saturated rings. The molecule has 670 valence electrons. The Kier molecular flexibility index (Phi) is 31.8. The maximum absolute atomic E-state index is 13.8. The second kappa shape index (κ2) is 39.4. The number of anilines is 7. The second-order valence-electron chi connectivity index (χ2n) is 31.6. The first-order chi connectivity index (χ1) is 56.4. The number of benzene rings is 1. The number of halogens is 17. The summed E-state index contributed by atoms with van der Waals surface area (Å²) in [5.74, 6) is -3.02. The Balaban J connectivity index is 0.000000224. The van der Waals surface area contributed by atoms with Crippen LogP contribution in [0.5, 0.6) is 0 Å². The summed E-state index contributed by atoms with van der Waals surface area (Å²) in [5, 5.41) is 48.6. The van der Waals surface area contributed by atoms with Crippen molar-refractivity contribution in [2.24, 2.45) is 16.2 Å². The maximum Gasteiger partial charge on any atom is 0.421 e. The van der Waals surface area contributed by atoms with Crippen LogP contribution in [-0.4, -0.2) is 129 Å². The molecule has 0 aliphatic heterocycles. The highest BCUT2D eigenvalue weighted by Gasteiger charge is 2.60. The number of ether oxygens (including phenoxy) is 3. The van der Waals surface area contributed by atoms with Crippen LogP contribution in [0.15, 0.2) is 104 Å². The number of nitrogens with one attached hydrogen (secondary N) is 7. The second-order valence-corrected chi connectivity index (χ2v) is 31.6. The number of aromatic nitrogens is 11. The molecular formula is C82H99F17N20O4. The monoisotopic (exact) mass is 1750 g/mol. The van der Waals surface area contributed by atoms with Crippen LogP contribution < -0.4 is 37.2 Å². The van der Waals surface area contributed by atoms with Crippen molar-refractivity contribution in [1.29, 1.82) is 10.5 Å². The van der Waals surface area contributed by atoms with Gasteiger partial charge >= 0.3 is 30.9 Å². The quantitative estimate of drug-likeness (QED) is 0.0261. The van der Waals surface area contributed by atoms with E-state index in [0.29, 0.717) is 49.1 Å². The zero-order chi connectivity index (χ0) is 89.3. The third-order valence-electron chi connectivity index (χ3n) is 23.1. The van der Waals surface area contributed by atoms with Crippen molar-refractivity contribution in [1.82, 2.24) is 54.8 Å². The molecule has 123 heavy (non-hydrogen) atoms. The molecule has 4 aliphatic carbocycles. The van der Waals surface area contributed by atoms with Crippen molar-refractivity contribution in [3.63, 3.8) is 0 Å². The minimum absolute atomic E-state index is 0. The molecule has 0 amide bonds. The summed E-state index contributed by atoms with van der Waals surface area (Å²) in [6, 6.07) is 11.8. The zero-order valence-corrected chi connectivity index (χ0v) is 67.7. The molecule has 6 atom stereocenters. The molecule has 4 saturated carbocycles. The lowest BCUT2D eigenvalue weighted by Gasteiger charge is -2.59. The number of nitrogens with zero attached hydrogens (tertiary/aromatic N) is 13. The Morgan fingerprint density at radius 1 is 0.439 bits per heavy atom. The number of nitriles is 2. The summed E-state index contributed by atoms with van der Waals surface area (Å²) in [6.45, 7) is 15.7. The summed E-state index contributed by atoms with van der Waals surface area (Å²) in [4.78, 5) is 43.4. The Morgan fingerprint density at radius 2 is 0.821 bits per heavy atom. The van der Waals surface area contributed by atoms with E-state index in [1.165, 1.54) is 49.1 Å². The minimum Gasteiger partial charge on any atom is -0.393 e. The van der Waals surface area contributed by atoms with Crippen LogP contribution in [0, 0.1) is 38.9 Å². The number of pyridine rings is 3. The zero-order valence-electron chi connectivity index (χ0n) is 67.7. The first-order valence-corrected chi connectivity index (χ1v) is 37.9. The fourth-order valence-electron chi connectivity index (χ4n) is 14.3. The van der Waals surface area contributed by atoms with Gasteiger partial charge in [-0.3, -0.25) is 15.0 Å². The summed E-state index contributed by atoms with van der Waals surface area (Å²) >= 11 is 0. The lowest BCUT2D eigenvalue weighted by molar-refractivity contribution is -0.166. The molecule has 0 saturated heterocycles. The number of hydrogen-bond acceptors (Lipinski definition) is 24. The van der Waals surface area contributed by atoms with Gasteiger partial charge in [0.05, 0.1) is 52.5 Å². The van der Waals surface area contributed by atoms with E-state index >= 15 is 0 Å². The molecule has 7 heterocycles. The summed E-state index contributed by atoms with van der Waals surface area (Å²) in [5.41, 5.74) is -5.83. The Morgan fingerprint density at radius 3 is 1.24 bits per heavy atom. The standard InChI is InChI=1S/C21H25F5N4O.C20H23F6N5O.C20H23F3N6O.C19H20F3N5O.2CH4/c1-19(2)15(9-16(19)31-4)29-18-14(21(24,25)26)11-28-17(30-18)6-5-12-10-27-8-7-13(12)20(3,22)23;1-17(2)14(7-18(17,3)32-4)30-15-13(20(24,25)26)10-29-16(31-15)28-9-11-8-27-6-5-12(11)19(21,22)23;1-18(2)15(7-19(18,3)30-4)28-16-12(8-24)10-26-17(29-16)27-11-13-9-25-6-5-14(13)20(21,22)23;20-19(21,22)16-4-2-1-3-12(16)10-24-18-25-11-13(9-23)17(27-18)26-14-5-7-15(28)8-6-14;;/h7-8,10-11,15-16H,5-6,9H2,1-4H3,(H,28,29,30);5-6,8,10,14H,7,9H2,1-4H3,(H2,28,29,30,31);5-6,9-10,15H,7,11H2,1-4H3,(H2,26,27,28,29);1-4,11,14-15,28H,5-8,10H2,(H2,24,25,26,27);2*1H4. The van der Waals surface area contributed by atoms with Gasteiger partial charge in [0.25, 0.3) is 5.92 Å². The van der Waals surface area contributed by atoms with Gasteiger partial charge in [-0.25, -0.2) is 33.7 Å². The van der Waals surface area contributed by atoms with Crippen molar-refractivity contribution >= 4 is 41.1 Å². The van der Waals surface area contributed by atoms with Gasteiger partial charge in [0.15, 0.2) is 0 Å². The van der Waals surface area contributed by atoms with E-state index in [1.807, 2.05) is 53.7 Å². The fourth-order valence-corrected chi connectivity index (χ4v) is 14.3. The van der Waals surface area contributed by atoms with Gasteiger partial charge in [0, 0.05) is 161 Å². The van der Waals surface area contributed by atoms with Gasteiger partial charge in [0.2, 0.25) is 17.8 Å². The van der Waals surface area contributed by atoms with E-state index in [1.54, 1.807) is 21.3 Å². The van der Waals surface area contributed by atoms with Crippen molar-refractivity contribution in [3.05, 3.63) is 177 Å². The maximum atomic E-state index is 13.8. The molecule has 6 unspecified atom stereocenters. The van der Waals surface area contributed by atoms with Gasteiger partial charge in [0.1, 0.15) is 63.5 Å². The summed E-state index contributed by atoms with van der Waals surface area (Å²) < 4.78 is 243. The van der Waals surface area contributed by atoms with Gasteiger partial charge in [-0.1, -0.05) is 74.6 Å². The average Bonchev–Trinajstić information content (AvgIpc) is 0.731. The van der Waals surface area contributed by atoms with Crippen LogP contribution in [0.2, 0.25) is 0 Å². The molecule has 12 rings (SSSR count). The highest BCUT2D eigenvalue weighted by atomic mass is 19.4. The van der Waals surface area contributed by atoms with E-state index < -0.39 is 81.5 Å². The molecule has 8 aromatic rings.